The number of alkyl halides is 2. The highest BCUT2D eigenvalue weighted by Gasteiger charge is 2.51. The van der Waals surface area contributed by atoms with Gasteiger partial charge in [-0.25, -0.2) is 0 Å². The Hall–Kier alpha value is -0.240. The summed E-state index contributed by atoms with van der Waals surface area (Å²) in [7, 11) is 0. The lowest BCUT2D eigenvalue weighted by atomic mass is 9.72. The Morgan fingerprint density at radius 2 is 1.90 bits per heavy atom. The van der Waals surface area contributed by atoms with E-state index in [4.69, 9.17) is 23.2 Å². The average Bonchev–Trinajstić information content (AvgIpc) is 2.41. The molecule has 0 aromatic heterocycles. The molecule has 0 saturated heterocycles. The van der Waals surface area contributed by atoms with Crippen LogP contribution in [0.3, 0.4) is 0 Å². The van der Waals surface area contributed by atoms with Crippen LogP contribution in [0, 0.1) is 0 Å². The second-order valence-corrected chi connectivity index (χ2v) is 7.60. The molecule has 0 aliphatic heterocycles. The molecule has 1 N–H and O–H groups in total. The van der Waals surface area contributed by atoms with Crippen LogP contribution in [-0.4, -0.2) is 9.44 Å². The minimum absolute atomic E-state index is 0.346. The maximum Gasteiger partial charge on any atom is 0.151 e. The second-order valence-electron chi connectivity index (χ2n) is 6.11. The molecule has 1 aliphatic rings. The van der Waals surface area contributed by atoms with Crippen molar-refractivity contribution in [3.05, 3.63) is 35.4 Å². The quantitative estimate of drug-likeness (QED) is 0.560. The minimum Gasteiger partial charge on any atom is -0.382 e. The van der Waals surface area contributed by atoms with E-state index in [1.54, 1.807) is 6.92 Å². The second kappa shape index (κ2) is 6.25. The molecule has 0 bridgehead atoms. The van der Waals surface area contributed by atoms with Crippen LogP contribution < -0.4 is 0 Å². The third kappa shape index (κ3) is 3.00. The van der Waals surface area contributed by atoms with Crippen LogP contribution >= 0.6 is 23.2 Å². The molecule has 3 heteroatoms. The van der Waals surface area contributed by atoms with Crippen molar-refractivity contribution in [1.82, 2.24) is 0 Å². The highest BCUT2D eigenvalue weighted by Crippen LogP contribution is 2.54. The van der Waals surface area contributed by atoms with Gasteiger partial charge in [-0.3, -0.25) is 0 Å². The van der Waals surface area contributed by atoms with Crippen molar-refractivity contribution in [3.63, 3.8) is 0 Å². The molecule has 1 aromatic rings. The van der Waals surface area contributed by atoms with Gasteiger partial charge in [0, 0.05) is 0 Å². The van der Waals surface area contributed by atoms with Gasteiger partial charge in [0.15, 0.2) is 4.33 Å². The first-order chi connectivity index (χ1) is 9.40. The van der Waals surface area contributed by atoms with E-state index in [-0.39, 0.29) is 0 Å². The first-order valence-corrected chi connectivity index (χ1v) is 8.35. The Balaban J connectivity index is 2.22. The van der Waals surface area contributed by atoms with Crippen molar-refractivity contribution < 1.29 is 5.11 Å². The fourth-order valence-electron chi connectivity index (χ4n) is 3.19. The SMILES string of the molecule is CCCCCC[C@H]1CC(Cl)(Cl)[C@](C)(O)c2ccccc21. The number of fused-ring (bicyclic) bond motifs is 1. The standard InChI is InChI=1S/C17H24Cl2O/c1-3-4-5-6-9-13-12-17(18,19)16(2,20)15-11-8-7-10-14(13)15/h7-8,10-11,13,20H,3-6,9,12H2,1-2H3/t13-,16+/m0/s1. The van der Waals surface area contributed by atoms with Crippen molar-refractivity contribution in [2.24, 2.45) is 0 Å². The summed E-state index contributed by atoms with van der Waals surface area (Å²) >= 11 is 12.9. The van der Waals surface area contributed by atoms with Gasteiger partial charge in [-0.2, -0.15) is 0 Å². The molecule has 1 nitrogen and oxygen atoms in total. The van der Waals surface area contributed by atoms with E-state index >= 15 is 0 Å². The number of aliphatic hydroxyl groups is 1. The van der Waals surface area contributed by atoms with Crippen molar-refractivity contribution >= 4 is 23.2 Å². The summed E-state index contributed by atoms with van der Waals surface area (Å²) in [6.45, 7) is 3.94. The van der Waals surface area contributed by atoms with Gasteiger partial charge in [-0.1, -0.05) is 80.1 Å². The van der Waals surface area contributed by atoms with Crippen LogP contribution in [0.15, 0.2) is 24.3 Å². The Morgan fingerprint density at radius 1 is 1.20 bits per heavy atom. The minimum atomic E-state index is -1.19. The molecule has 0 unspecified atom stereocenters. The van der Waals surface area contributed by atoms with Gasteiger partial charge in [0.2, 0.25) is 0 Å². The molecule has 0 spiro atoms. The predicted octanol–water partition coefficient (Wildman–Crippen LogP) is 5.53. The third-order valence-electron chi connectivity index (χ3n) is 4.55. The molecule has 0 saturated carbocycles. The Morgan fingerprint density at radius 3 is 2.60 bits per heavy atom. The van der Waals surface area contributed by atoms with E-state index in [2.05, 4.69) is 13.0 Å². The zero-order chi connectivity index (χ0) is 14.8. The van der Waals surface area contributed by atoms with Gasteiger partial charge in [0.25, 0.3) is 0 Å². The van der Waals surface area contributed by atoms with Crippen LogP contribution in [-0.2, 0) is 5.60 Å². The van der Waals surface area contributed by atoms with Crippen molar-refractivity contribution in [2.45, 2.75) is 68.2 Å². The summed E-state index contributed by atoms with van der Waals surface area (Å²) in [5.41, 5.74) is 0.912. The summed E-state index contributed by atoms with van der Waals surface area (Å²) in [6.07, 6.45) is 6.67. The highest BCUT2D eigenvalue weighted by molar-refractivity contribution is 6.49. The smallest absolute Gasteiger partial charge is 0.151 e. The molecule has 0 fully saturated rings. The molecule has 2 rings (SSSR count). The molecule has 112 valence electrons. The van der Waals surface area contributed by atoms with E-state index in [1.165, 1.54) is 31.2 Å². The van der Waals surface area contributed by atoms with Crippen LogP contribution in [0.4, 0.5) is 0 Å². The molecule has 2 atom stereocenters. The molecule has 1 aromatic carbocycles. The summed E-state index contributed by atoms with van der Waals surface area (Å²) in [5, 5.41) is 10.7. The lowest BCUT2D eigenvalue weighted by Crippen LogP contribution is -2.46. The maximum absolute atomic E-state index is 10.7. The fourth-order valence-corrected chi connectivity index (χ4v) is 3.76. The Labute approximate surface area is 132 Å². The highest BCUT2D eigenvalue weighted by atomic mass is 35.5. The molecular formula is C17H24Cl2O. The van der Waals surface area contributed by atoms with Crippen LogP contribution in [0.5, 0.6) is 0 Å². The largest absolute Gasteiger partial charge is 0.382 e. The molecule has 0 radical (unpaired) electrons. The number of rotatable bonds is 5. The number of halogens is 2. The predicted molar refractivity (Wildman–Crippen MR) is 86.6 cm³/mol. The van der Waals surface area contributed by atoms with Crippen LogP contribution in [0.2, 0.25) is 0 Å². The zero-order valence-electron chi connectivity index (χ0n) is 12.3. The zero-order valence-corrected chi connectivity index (χ0v) is 13.8. The van der Waals surface area contributed by atoms with Crippen LogP contribution in [0.25, 0.3) is 0 Å². The van der Waals surface area contributed by atoms with E-state index in [0.717, 1.165) is 12.0 Å². The van der Waals surface area contributed by atoms with Gasteiger partial charge in [-0.15, -0.1) is 0 Å². The van der Waals surface area contributed by atoms with E-state index < -0.39 is 9.93 Å². The van der Waals surface area contributed by atoms with Crippen LogP contribution in [0.1, 0.15) is 69.4 Å². The lowest BCUT2D eigenvalue weighted by molar-refractivity contribution is 0.0237. The third-order valence-corrected chi connectivity index (χ3v) is 5.59. The van der Waals surface area contributed by atoms with E-state index in [1.807, 2.05) is 18.2 Å². The number of hydrogen-bond acceptors (Lipinski definition) is 1. The number of benzene rings is 1. The lowest BCUT2D eigenvalue weighted by Gasteiger charge is -2.44. The molecule has 0 heterocycles. The topological polar surface area (TPSA) is 20.2 Å². The monoisotopic (exact) mass is 314 g/mol. The van der Waals surface area contributed by atoms with Crippen molar-refractivity contribution in [3.8, 4) is 0 Å². The molecule has 1 aliphatic carbocycles. The number of unbranched alkanes of at least 4 members (excludes halogenated alkanes) is 3. The normalized spacial score (nSPS) is 28.1. The molecule has 0 amide bonds. The summed E-state index contributed by atoms with van der Waals surface area (Å²) < 4.78 is -1.11. The average molecular weight is 315 g/mol. The maximum atomic E-state index is 10.7. The Kier molecular flexibility index (Phi) is 5.05. The fraction of sp³-hybridized carbons (Fsp3) is 0.647. The molecular weight excluding hydrogens is 291 g/mol. The molecule has 20 heavy (non-hydrogen) atoms. The summed E-state index contributed by atoms with van der Waals surface area (Å²) in [6, 6.07) is 8.03. The van der Waals surface area contributed by atoms with E-state index in [9.17, 15) is 5.11 Å². The van der Waals surface area contributed by atoms with Crippen molar-refractivity contribution in [1.29, 1.82) is 0 Å². The Bertz CT molecular complexity index is 454. The first-order valence-electron chi connectivity index (χ1n) is 7.59. The summed E-state index contributed by atoms with van der Waals surface area (Å²) in [4.78, 5) is 0. The van der Waals surface area contributed by atoms with Gasteiger partial charge in [-0.05, 0) is 36.8 Å². The number of hydrogen-bond donors (Lipinski definition) is 1. The van der Waals surface area contributed by atoms with Gasteiger partial charge < -0.3 is 5.11 Å². The first kappa shape index (κ1) is 16.1. The van der Waals surface area contributed by atoms with Gasteiger partial charge in [0.1, 0.15) is 5.60 Å². The van der Waals surface area contributed by atoms with E-state index in [0.29, 0.717) is 12.3 Å². The van der Waals surface area contributed by atoms with Gasteiger partial charge in [0.05, 0.1) is 0 Å². The summed E-state index contributed by atoms with van der Waals surface area (Å²) in [5.74, 6) is 0.346. The van der Waals surface area contributed by atoms with Gasteiger partial charge >= 0.3 is 0 Å². The van der Waals surface area contributed by atoms with Crippen molar-refractivity contribution in [2.75, 3.05) is 0 Å².